The Morgan fingerprint density at radius 2 is 1.72 bits per heavy atom. The highest BCUT2D eigenvalue weighted by molar-refractivity contribution is 5.79. The molecule has 0 radical (unpaired) electrons. The first kappa shape index (κ1) is 21.4. The fraction of sp³-hybridized carbons (Fsp3) is 0.240. The number of nitrogens with zero attached hydrogens (tertiary/aromatic N) is 4. The average Bonchev–Trinajstić information content (AvgIpc) is 3.26. The molecule has 0 unspecified atom stereocenters. The van der Waals surface area contributed by atoms with Crippen LogP contribution in [-0.2, 0) is 19.6 Å². The number of aliphatic imine (C=N–C) groups is 1. The van der Waals surface area contributed by atoms with Crippen molar-refractivity contribution in [3.8, 4) is 5.75 Å². The molecule has 0 amide bonds. The second-order valence-electron chi connectivity index (χ2n) is 7.34. The Morgan fingerprint density at radius 3 is 2.53 bits per heavy atom. The van der Waals surface area contributed by atoms with Crippen LogP contribution in [0, 0.1) is 0 Å². The van der Waals surface area contributed by atoms with Crippen molar-refractivity contribution in [2.45, 2.75) is 26.5 Å². The maximum Gasteiger partial charge on any atom is 0.191 e. The lowest BCUT2D eigenvalue weighted by atomic mass is 10.1. The molecule has 4 rings (SSSR count). The quantitative estimate of drug-likeness (QED) is 0.315. The van der Waals surface area contributed by atoms with Crippen molar-refractivity contribution >= 4 is 11.6 Å². The summed E-state index contributed by atoms with van der Waals surface area (Å²) in [5, 5.41) is 15.1. The van der Waals surface area contributed by atoms with Gasteiger partial charge in [0.15, 0.2) is 17.4 Å². The van der Waals surface area contributed by atoms with Crippen LogP contribution in [0.3, 0.4) is 0 Å². The zero-order valence-corrected chi connectivity index (χ0v) is 18.2. The highest BCUT2D eigenvalue weighted by atomic mass is 16.5. The standard InChI is InChI=1S/C25H28N6O/c1-2-26-25(28-18-24-30-29-23-10-6-7-17-31(23)24)27-16-15-20-11-13-22(14-12-20)32-19-21-8-4-3-5-9-21/h3-14,17H,2,15-16,18-19H2,1H3,(H2,26,27,28). The molecule has 0 saturated carbocycles. The zero-order chi connectivity index (χ0) is 22.0. The second-order valence-corrected chi connectivity index (χ2v) is 7.34. The largest absolute Gasteiger partial charge is 0.489 e. The molecule has 0 aliphatic carbocycles. The number of nitrogens with one attached hydrogen (secondary N) is 2. The van der Waals surface area contributed by atoms with Crippen LogP contribution in [0.4, 0.5) is 0 Å². The zero-order valence-electron chi connectivity index (χ0n) is 18.2. The first-order chi connectivity index (χ1) is 15.8. The topological polar surface area (TPSA) is 75.8 Å². The molecule has 0 saturated heterocycles. The number of guanidine groups is 1. The molecule has 7 nitrogen and oxygen atoms in total. The first-order valence-corrected chi connectivity index (χ1v) is 10.9. The van der Waals surface area contributed by atoms with Gasteiger partial charge < -0.3 is 15.4 Å². The van der Waals surface area contributed by atoms with E-state index in [0.717, 1.165) is 48.3 Å². The predicted molar refractivity (Wildman–Crippen MR) is 127 cm³/mol. The van der Waals surface area contributed by atoms with Gasteiger partial charge in [0.1, 0.15) is 18.9 Å². The van der Waals surface area contributed by atoms with E-state index in [-0.39, 0.29) is 0 Å². The average molecular weight is 429 g/mol. The van der Waals surface area contributed by atoms with E-state index in [9.17, 15) is 0 Å². The highest BCUT2D eigenvalue weighted by Gasteiger charge is 2.05. The third-order valence-corrected chi connectivity index (χ3v) is 4.98. The van der Waals surface area contributed by atoms with Gasteiger partial charge in [0.05, 0.1) is 0 Å². The number of fused-ring (bicyclic) bond motifs is 1. The Kier molecular flexibility index (Phi) is 7.31. The van der Waals surface area contributed by atoms with Crippen LogP contribution in [0.25, 0.3) is 5.65 Å². The minimum atomic E-state index is 0.452. The minimum absolute atomic E-state index is 0.452. The Balaban J connectivity index is 1.27. The summed E-state index contributed by atoms with van der Waals surface area (Å²) >= 11 is 0. The van der Waals surface area contributed by atoms with E-state index in [2.05, 4.69) is 57.0 Å². The number of aromatic nitrogens is 3. The maximum atomic E-state index is 5.86. The van der Waals surface area contributed by atoms with Crippen LogP contribution in [0.5, 0.6) is 5.75 Å². The molecule has 2 aromatic carbocycles. The monoisotopic (exact) mass is 428 g/mol. The number of hydrogen-bond acceptors (Lipinski definition) is 4. The van der Waals surface area contributed by atoms with Crippen molar-refractivity contribution in [1.82, 2.24) is 25.2 Å². The number of pyridine rings is 1. The van der Waals surface area contributed by atoms with Gasteiger partial charge in [0, 0.05) is 19.3 Å². The van der Waals surface area contributed by atoms with Gasteiger partial charge in [-0.15, -0.1) is 10.2 Å². The van der Waals surface area contributed by atoms with E-state index in [1.165, 1.54) is 5.56 Å². The van der Waals surface area contributed by atoms with Gasteiger partial charge >= 0.3 is 0 Å². The van der Waals surface area contributed by atoms with Crippen molar-refractivity contribution in [3.05, 3.63) is 95.9 Å². The molecule has 32 heavy (non-hydrogen) atoms. The van der Waals surface area contributed by atoms with E-state index in [4.69, 9.17) is 4.74 Å². The molecule has 0 atom stereocenters. The smallest absolute Gasteiger partial charge is 0.191 e. The van der Waals surface area contributed by atoms with Crippen LogP contribution in [-0.4, -0.2) is 33.6 Å². The number of rotatable bonds is 9. The molecular formula is C25H28N6O. The molecule has 0 aliphatic rings. The lowest BCUT2D eigenvalue weighted by Gasteiger charge is -2.11. The summed E-state index contributed by atoms with van der Waals surface area (Å²) in [5.74, 6) is 2.45. The number of benzene rings is 2. The molecule has 0 aliphatic heterocycles. The normalized spacial score (nSPS) is 11.5. The molecule has 4 aromatic rings. The van der Waals surface area contributed by atoms with Crippen molar-refractivity contribution < 1.29 is 4.74 Å². The van der Waals surface area contributed by atoms with Gasteiger partial charge in [0.25, 0.3) is 0 Å². The van der Waals surface area contributed by atoms with E-state index >= 15 is 0 Å². The van der Waals surface area contributed by atoms with Gasteiger partial charge in [-0.05, 0) is 48.7 Å². The lowest BCUT2D eigenvalue weighted by molar-refractivity contribution is 0.306. The lowest BCUT2D eigenvalue weighted by Crippen LogP contribution is -2.38. The van der Waals surface area contributed by atoms with Crippen LogP contribution in [0.15, 0.2) is 84.0 Å². The molecule has 0 bridgehead atoms. The van der Waals surface area contributed by atoms with Gasteiger partial charge in [-0.25, -0.2) is 4.99 Å². The SMILES string of the molecule is CCNC(=NCc1nnc2ccccn12)NCCc1ccc(OCc2ccccc2)cc1. The van der Waals surface area contributed by atoms with Gasteiger partial charge in [0.2, 0.25) is 0 Å². The fourth-order valence-electron chi connectivity index (χ4n) is 3.31. The van der Waals surface area contributed by atoms with Crippen LogP contribution >= 0.6 is 0 Å². The maximum absolute atomic E-state index is 5.86. The van der Waals surface area contributed by atoms with E-state index in [0.29, 0.717) is 13.2 Å². The van der Waals surface area contributed by atoms with Crippen molar-refractivity contribution in [3.63, 3.8) is 0 Å². The summed E-state index contributed by atoms with van der Waals surface area (Å²) in [5.41, 5.74) is 3.23. The third kappa shape index (κ3) is 5.85. The Bertz CT molecular complexity index is 1140. The molecule has 7 heteroatoms. The molecule has 2 aromatic heterocycles. The second kappa shape index (κ2) is 10.9. The Labute approximate surface area is 188 Å². The molecule has 0 fully saturated rings. The number of hydrogen-bond donors (Lipinski definition) is 2. The highest BCUT2D eigenvalue weighted by Crippen LogP contribution is 2.14. The molecular weight excluding hydrogens is 400 g/mol. The molecule has 2 heterocycles. The summed E-state index contributed by atoms with van der Waals surface area (Å²) in [6, 6.07) is 24.3. The predicted octanol–water partition coefficient (Wildman–Crippen LogP) is 3.61. The molecule has 164 valence electrons. The summed E-state index contributed by atoms with van der Waals surface area (Å²) in [4.78, 5) is 4.66. The van der Waals surface area contributed by atoms with Gasteiger partial charge in [-0.1, -0.05) is 48.5 Å². The first-order valence-electron chi connectivity index (χ1n) is 10.9. The fourth-order valence-corrected chi connectivity index (χ4v) is 3.31. The van der Waals surface area contributed by atoms with Crippen LogP contribution in [0.1, 0.15) is 23.9 Å². The summed E-state index contributed by atoms with van der Waals surface area (Å²) in [6.45, 7) is 4.65. The van der Waals surface area contributed by atoms with Crippen LogP contribution in [0.2, 0.25) is 0 Å². The van der Waals surface area contributed by atoms with E-state index in [1.54, 1.807) is 0 Å². The Morgan fingerprint density at radius 1 is 0.906 bits per heavy atom. The third-order valence-electron chi connectivity index (χ3n) is 4.98. The van der Waals surface area contributed by atoms with E-state index in [1.807, 2.05) is 59.1 Å². The van der Waals surface area contributed by atoms with Crippen molar-refractivity contribution in [2.75, 3.05) is 13.1 Å². The van der Waals surface area contributed by atoms with Gasteiger partial charge in [-0.3, -0.25) is 4.40 Å². The van der Waals surface area contributed by atoms with Crippen molar-refractivity contribution in [1.29, 1.82) is 0 Å². The summed E-state index contributed by atoms with van der Waals surface area (Å²) in [7, 11) is 0. The van der Waals surface area contributed by atoms with Crippen LogP contribution < -0.4 is 15.4 Å². The summed E-state index contributed by atoms with van der Waals surface area (Å²) < 4.78 is 7.81. The minimum Gasteiger partial charge on any atom is -0.489 e. The van der Waals surface area contributed by atoms with E-state index < -0.39 is 0 Å². The Hall–Kier alpha value is -3.87. The molecule has 0 spiro atoms. The number of ether oxygens (including phenoxy) is 1. The molecule has 2 N–H and O–H groups in total. The van der Waals surface area contributed by atoms with Gasteiger partial charge in [-0.2, -0.15) is 0 Å². The summed E-state index contributed by atoms with van der Waals surface area (Å²) in [6.07, 6.45) is 2.84. The van der Waals surface area contributed by atoms with Crippen molar-refractivity contribution in [2.24, 2.45) is 4.99 Å².